The highest BCUT2D eigenvalue weighted by Crippen LogP contribution is 2.28. The molecule has 2 rings (SSSR count). The van der Waals surface area contributed by atoms with E-state index in [9.17, 15) is 4.79 Å². The van der Waals surface area contributed by atoms with E-state index in [1.165, 1.54) is 0 Å². The van der Waals surface area contributed by atoms with E-state index in [0.717, 1.165) is 16.9 Å². The van der Waals surface area contributed by atoms with Crippen LogP contribution in [0.25, 0.3) is 0 Å². The topological polar surface area (TPSA) is 26.3 Å². The molecule has 0 spiro atoms. The fraction of sp³-hybridized carbons (Fsp3) is 0.222. The molecule has 11 heavy (non-hydrogen) atoms. The fourth-order valence-electron chi connectivity index (χ4n) is 1.28. The molecule has 0 amide bonds. The lowest BCUT2D eigenvalue weighted by atomic mass is 10.1. The molecule has 1 heterocycles. The minimum atomic E-state index is 0.0868. The Morgan fingerprint density at radius 3 is 3.00 bits per heavy atom. The second kappa shape index (κ2) is 2.09. The van der Waals surface area contributed by atoms with Crippen molar-refractivity contribution in [2.24, 2.45) is 0 Å². The summed E-state index contributed by atoms with van der Waals surface area (Å²) in [5.74, 6) is 0.848. The summed E-state index contributed by atoms with van der Waals surface area (Å²) in [7, 11) is 0. The Hall–Kier alpha value is -1.31. The molecule has 1 aromatic rings. The lowest BCUT2D eigenvalue weighted by Gasteiger charge is -1.99. The van der Waals surface area contributed by atoms with Gasteiger partial charge in [0.05, 0.1) is 5.56 Å². The monoisotopic (exact) mass is 148 g/mol. The van der Waals surface area contributed by atoms with E-state index in [1.807, 2.05) is 19.1 Å². The van der Waals surface area contributed by atoms with Gasteiger partial charge in [-0.25, -0.2) is 0 Å². The summed E-state index contributed by atoms with van der Waals surface area (Å²) in [6.45, 7) is 2.15. The number of rotatable bonds is 0. The summed E-state index contributed by atoms with van der Waals surface area (Å²) in [6, 6.07) is 5.62. The largest absolute Gasteiger partial charge is 0.484 e. The number of benzene rings is 1. The zero-order valence-corrected chi connectivity index (χ0v) is 6.26. The van der Waals surface area contributed by atoms with Crippen molar-refractivity contribution in [3.05, 3.63) is 29.3 Å². The summed E-state index contributed by atoms with van der Waals surface area (Å²) < 4.78 is 5.19. The van der Waals surface area contributed by atoms with E-state index in [-0.39, 0.29) is 12.4 Å². The van der Waals surface area contributed by atoms with Gasteiger partial charge in [-0.05, 0) is 18.6 Å². The van der Waals surface area contributed by atoms with Crippen LogP contribution in [0.1, 0.15) is 15.9 Å². The minimum Gasteiger partial charge on any atom is -0.484 e. The molecular weight excluding hydrogens is 140 g/mol. The molecule has 0 bridgehead atoms. The summed E-state index contributed by atoms with van der Waals surface area (Å²) >= 11 is 0. The highest BCUT2D eigenvalue weighted by atomic mass is 16.5. The number of hydrogen-bond donors (Lipinski definition) is 0. The Balaban J connectivity index is 2.66. The zero-order valence-electron chi connectivity index (χ0n) is 6.26. The van der Waals surface area contributed by atoms with Gasteiger partial charge in [-0.3, -0.25) is 4.79 Å². The van der Waals surface area contributed by atoms with Crippen LogP contribution in [-0.2, 0) is 0 Å². The van der Waals surface area contributed by atoms with Gasteiger partial charge in [0.1, 0.15) is 5.75 Å². The van der Waals surface area contributed by atoms with Crippen molar-refractivity contribution >= 4 is 5.78 Å². The van der Waals surface area contributed by atoms with Crippen molar-refractivity contribution in [1.29, 1.82) is 0 Å². The maximum absolute atomic E-state index is 11.1. The number of ether oxygens (including phenoxy) is 1. The Bertz CT molecular complexity index is 315. The van der Waals surface area contributed by atoms with Crippen molar-refractivity contribution in [3.8, 4) is 5.75 Å². The molecule has 0 fully saturated rings. The third-order valence-electron chi connectivity index (χ3n) is 1.86. The van der Waals surface area contributed by atoms with E-state index < -0.39 is 0 Å². The van der Waals surface area contributed by atoms with E-state index >= 15 is 0 Å². The second-order valence-corrected chi connectivity index (χ2v) is 2.66. The molecule has 0 aliphatic carbocycles. The Morgan fingerprint density at radius 1 is 1.45 bits per heavy atom. The summed E-state index contributed by atoms with van der Waals surface area (Å²) in [5.41, 5.74) is 1.76. The molecule has 2 heteroatoms. The number of fused-ring (bicyclic) bond motifs is 1. The number of carbonyl (C=O) groups excluding carboxylic acids is 1. The quantitative estimate of drug-likeness (QED) is 0.558. The Labute approximate surface area is 64.8 Å². The molecule has 0 radical (unpaired) electrons. The van der Waals surface area contributed by atoms with Gasteiger partial charge in [0, 0.05) is 0 Å². The molecule has 0 saturated carbocycles. The van der Waals surface area contributed by atoms with Crippen LogP contribution in [-0.4, -0.2) is 12.4 Å². The number of aryl methyl sites for hydroxylation is 1. The molecule has 0 atom stereocenters. The number of hydrogen-bond acceptors (Lipinski definition) is 2. The van der Waals surface area contributed by atoms with Crippen LogP contribution in [0, 0.1) is 6.92 Å². The molecule has 0 aromatic heterocycles. The zero-order chi connectivity index (χ0) is 7.84. The summed E-state index contributed by atoms with van der Waals surface area (Å²) in [6.07, 6.45) is 0. The maximum atomic E-state index is 11.1. The van der Waals surface area contributed by atoms with Crippen LogP contribution in [0.2, 0.25) is 0 Å². The van der Waals surface area contributed by atoms with Gasteiger partial charge in [-0.1, -0.05) is 12.1 Å². The van der Waals surface area contributed by atoms with Gasteiger partial charge in [-0.15, -0.1) is 0 Å². The van der Waals surface area contributed by atoms with Gasteiger partial charge in [0.15, 0.2) is 6.61 Å². The predicted octanol–water partition coefficient (Wildman–Crippen LogP) is 1.57. The normalized spacial score (nSPS) is 14.5. The number of Topliss-reactive ketones (excluding diaryl/α,β-unsaturated/α-hetero) is 1. The average molecular weight is 148 g/mol. The van der Waals surface area contributed by atoms with E-state index in [1.54, 1.807) is 6.07 Å². The molecule has 1 aromatic carbocycles. The molecule has 1 aliphatic rings. The third-order valence-corrected chi connectivity index (χ3v) is 1.86. The second-order valence-electron chi connectivity index (χ2n) is 2.66. The van der Waals surface area contributed by atoms with Crippen LogP contribution in [0.4, 0.5) is 0 Å². The van der Waals surface area contributed by atoms with Crippen molar-refractivity contribution in [3.63, 3.8) is 0 Å². The van der Waals surface area contributed by atoms with Gasteiger partial charge in [0.25, 0.3) is 0 Å². The van der Waals surface area contributed by atoms with Crippen molar-refractivity contribution < 1.29 is 9.53 Å². The first-order chi connectivity index (χ1) is 5.29. The van der Waals surface area contributed by atoms with Crippen LogP contribution >= 0.6 is 0 Å². The van der Waals surface area contributed by atoms with Crippen LogP contribution in [0.15, 0.2) is 18.2 Å². The molecular formula is C9H8O2. The first-order valence-corrected chi connectivity index (χ1v) is 3.54. The van der Waals surface area contributed by atoms with Gasteiger partial charge in [-0.2, -0.15) is 0 Å². The molecule has 0 N–H and O–H groups in total. The average Bonchev–Trinajstić information content (AvgIpc) is 2.35. The summed E-state index contributed by atoms with van der Waals surface area (Å²) in [5, 5.41) is 0. The Kier molecular flexibility index (Phi) is 1.22. The highest BCUT2D eigenvalue weighted by molar-refractivity contribution is 6.02. The number of carbonyl (C=O) groups is 1. The van der Waals surface area contributed by atoms with Crippen LogP contribution in [0.5, 0.6) is 5.75 Å². The van der Waals surface area contributed by atoms with E-state index in [2.05, 4.69) is 0 Å². The lowest BCUT2D eigenvalue weighted by molar-refractivity contribution is 0.0961. The first kappa shape index (κ1) is 6.40. The minimum absolute atomic E-state index is 0.0868. The van der Waals surface area contributed by atoms with Gasteiger partial charge in [0.2, 0.25) is 5.78 Å². The molecule has 2 nitrogen and oxygen atoms in total. The SMILES string of the molecule is Cc1cccc2c1OCC2=O. The van der Waals surface area contributed by atoms with Crippen molar-refractivity contribution in [1.82, 2.24) is 0 Å². The molecule has 56 valence electrons. The number of para-hydroxylation sites is 1. The summed E-state index contributed by atoms with van der Waals surface area (Å²) in [4.78, 5) is 11.1. The van der Waals surface area contributed by atoms with Crippen LogP contribution in [0.3, 0.4) is 0 Å². The van der Waals surface area contributed by atoms with Crippen molar-refractivity contribution in [2.45, 2.75) is 6.92 Å². The van der Waals surface area contributed by atoms with E-state index in [4.69, 9.17) is 4.74 Å². The molecule has 0 unspecified atom stereocenters. The van der Waals surface area contributed by atoms with Crippen molar-refractivity contribution in [2.75, 3.05) is 6.61 Å². The molecule has 1 aliphatic heterocycles. The van der Waals surface area contributed by atoms with E-state index in [0.29, 0.717) is 0 Å². The van der Waals surface area contributed by atoms with Gasteiger partial charge >= 0.3 is 0 Å². The van der Waals surface area contributed by atoms with Crippen LogP contribution < -0.4 is 4.74 Å². The third kappa shape index (κ3) is 0.827. The first-order valence-electron chi connectivity index (χ1n) is 3.54. The molecule has 0 saturated heterocycles. The number of ketones is 1. The van der Waals surface area contributed by atoms with Gasteiger partial charge < -0.3 is 4.74 Å². The predicted molar refractivity (Wildman–Crippen MR) is 41.0 cm³/mol. The standard InChI is InChI=1S/C9H8O2/c1-6-3-2-4-7-8(10)5-11-9(6)7/h2-4H,5H2,1H3. The fourth-order valence-corrected chi connectivity index (χ4v) is 1.28. The lowest BCUT2D eigenvalue weighted by Crippen LogP contribution is -1.98. The Morgan fingerprint density at radius 2 is 2.27 bits per heavy atom. The highest BCUT2D eigenvalue weighted by Gasteiger charge is 2.21. The smallest absolute Gasteiger partial charge is 0.203 e. The maximum Gasteiger partial charge on any atom is 0.203 e.